The van der Waals surface area contributed by atoms with Gasteiger partial charge in [-0.2, -0.15) is 0 Å². The van der Waals surface area contributed by atoms with Crippen molar-refractivity contribution in [2.45, 2.75) is 53.1 Å². The van der Waals surface area contributed by atoms with Crippen LogP contribution in [0.15, 0.2) is 0 Å². The third-order valence-electron chi connectivity index (χ3n) is 3.28. The first kappa shape index (κ1) is 16.3. The van der Waals surface area contributed by atoms with E-state index in [4.69, 9.17) is 4.74 Å². The summed E-state index contributed by atoms with van der Waals surface area (Å²) < 4.78 is 5.39. The van der Waals surface area contributed by atoms with Gasteiger partial charge in [0.25, 0.3) is 0 Å². The zero-order chi connectivity index (χ0) is 14.5. The number of carbonyl (C=O) groups excluding carboxylic acids is 1. The number of ether oxygens (including phenoxy) is 1. The Kier molecular flexibility index (Phi) is 6.11. The number of amides is 1. The molecule has 0 unspecified atom stereocenters. The number of hydrogen-bond acceptors (Lipinski definition) is 3. The summed E-state index contributed by atoms with van der Waals surface area (Å²) in [7, 11) is 0. The van der Waals surface area contributed by atoms with Crippen molar-refractivity contribution in [2.24, 2.45) is 5.92 Å². The molecule has 0 N–H and O–H groups in total. The van der Waals surface area contributed by atoms with E-state index in [2.05, 4.69) is 18.7 Å². The van der Waals surface area contributed by atoms with E-state index in [1.165, 1.54) is 12.8 Å². The van der Waals surface area contributed by atoms with Gasteiger partial charge in [-0.25, -0.2) is 4.79 Å². The van der Waals surface area contributed by atoms with Crippen LogP contribution in [0.5, 0.6) is 0 Å². The average Bonchev–Trinajstić information content (AvgIpc) is 2.27. The van der Waals surface area contributed by atoms with Gasteiger partial charge >= 0.3 is 6.09 Å². The summed E-state index contributed by atoms with van der Waals surface area (Å²) in [5.74, 6) is 0.781. The van der Waals surface area contributed by atoms with Crippen LogP contribution in [-0.2, 0) is 4.74 Å². The maximum atomic E-state index is 11.9. The molecule has 0 spiro atoms. The Morgan fingerprint density at radius 2 is 1.74 bits per heavy atom. The Bertz CT molecular complexity index is 276. The van der Waals surface area contributed by atoms with Gasteiger partial charge in [-0.1, -0.05) is 13.8 Å². The van der Waals surface area contributed by atoms with Crippen molar-refractivity contribution in [3.63, 3.8) is 0 Å². The van der Waals surface area contributed by atoms with Gasteiger partial charge < -0.3 is 9.64 Å². The average molecular weight is 270 g/mol. The monoisotopic (exact) mass is 270 g/mol. The van der Waals surface area contributed by atoms with Crippen LogP contribution >= 0.6 is 0 Å². The van der Waals surface area contributed by atoms with Crippen LogP contribution < -0.4 is 0 Å². The number of piperazine rings is 1. The van der Waals surface area contributed by atoms with E-state index < -0.39 is 5.60 Å². The van der Waals surface area contributed by atoms with Crippen LogP contribution in [0.25, 0.3) is 0 Å². The lowest BCUT2D eigenvalue weighted by Crippen LogP contribution is -2.50. The highest BCUT2D eigenvalue weighted by molar-refractivity contribution is 5.68. The van der Waals surface area contributed by atoms with Crippen LogP contribution in [0.3, 0.4) is 0 Å². The van der Waals surface area contributed by atoms with Gasteiger partial charge in [0.15, 0.2) is 0 Å². The molecule has 1 fully saturated rings. The highest BCUT2D eigenvalue weighted by atomic mass is 16.6. The summed E-state index contributed by atoms with van der Waals surface area (Å²) in [6, 6.07) is 0. The second-order valence-corrected chi connectivity index (χ2v) is 6.85. The fraction of sp³-hybridized carbons (Fsp3) is 0.933. The molecule has 0 aromatic rings. The third-order valence-corrected chi connectivity index (χ3v) is 3.28. The normalized spacial score (nSPS) is 17.9. The van der Waals surface area contributed by atoms with Crippen molar-refractivity contribution in [3.8, 4) is 0 Å². The maximum Gasteiger partial charge on any atom is 0.410 e. The van der Waals surface area contributed by atoms with E-state index >= 15 is 0 Å². The summed E-state index contributed by atoms with van der Waals surface area (Å²) in [5.41, 5.74) is -0.397. The molecule has 1 aliphatic heterocycles. The number of nitrogens with zero attached hydrogens (tertiary/aromatic N) is 2. The van der Waals surface area contributed by atoms with E-state index in [1.807, 2.05) is 25.7 Å². The highest BCUT2D eigenvalue weighted by Gasteiger charge is 2.25. The van der Waals surface area contributed by atoms with Gasteiger partial charge in [0, 0.05) is 26.2 Å². The molecule has 0 saturated carbocycles. The molecule has 0 atom stereocenters. The Balaban J connectivity index is 2.23. The van der Waals surface area contributed by atoms with Gasteiger partial charge in [-0.3, -0.25) is 4.90 Å². The molecule has 4 heteroatoms. The zero-order valence-corrected chi connectivity index (χ0v) is 13.2. The summed E-state index contributed by atoms with van der Waals surface area (Å²) in [5, 5.41) is 0. The first-order valence-electron chi connectivity index (χ1n) is 7.48. The van der Waals surface area contributed by atoms with Gasteiger partial charge in [-0.15, -0.1) is 0 Å². The highest BCUT2D eigenvalue weighted by Crippen LogP contribution is 2.12. The van der Waals surface area contributed by atoms with Crippen LogP contribution in [0.4, 0.5) is 4.79 Å². The van der Waals surface area contributed by atoms with Crippen molar-refractivity contribution < 1.29 is 9.53 Å². The Hall–Kier alpha value is -0.770. The van der Waals surface area contributed by atoms with Crippen molar-refractivity contribution in [1.82, 2.24) is 9.80 Å². The van der Waals surface area contributed by atoms with Crippen LogP contribution in [0, 0.1) is 5.92 Å². The fourth-order valence-corrected chi connectivity index (χ4v) is 2.20. The van der Waals surface area contributed by atoms with Gasteiger partial charge in [0.1, 0.15) is 5.60 Å². The smallest absolute Gasteiger partial charge is 0.410 e. The molecule has 0 aromatic carbocycles. The molecule has 4 nitrogen and oxygen atoms in total. The third kappa shape index (κ3) is 6.81. The van der Waals surface area contributed by atoms with E-state index in [0.29, 0.717) is 0 Å². The summed E-state index contributed by atoms with van der Waals surface area (Å²) in [6.07, 6.45) is 2.37. The summed E-state index contributed by atoms with van der Waals surface area (Å²) in [4.78, 5) is 16.2. The summed E-state index contributed by atoms with van der Waals surface area (Å²) >= 11 is 0. The maximum absolute atomic E-state index is 11.9. The predicted molar refractivity (Wildman–Crippen MR) is 78.3 cm³/mol. The number of hydrogen-bond donors (Lipinski definition) is 0. The molecule has 1 aliphatic rings. The molecule has 1 amide bonds. The zero-order valence-electron chi connectivity index (χ0n) is 13.2. The molecule has 0 aromatic heterocycles. The topological polar surface area (TPSA) is 32.8 Å². The van der Waals surface area contributed by atoms with Gasteiger partial charge in [0.2, 0.25) is 0 Å². The van der Waals surface area contributed by atoms with Crippen LogP contribution in [0.2, 0.25) is 0 Å². The van der Waals surface area contributed by atoms with E-state index in [1.54, 1.807) is 0 Å². The van der Waals surface area contributed by atoms with Gasteiger partial charge in [-0.05, 0) is 46.1 Å². The second kappa shape index (κ2) is 7.13. The lowest BCUT2D eigenvalue weighted by atomic mass is 10.1. The van der Waals surface area contributed by atoms with Gasteiger partial charge in [0.05, 0.1) is 0 Å². The Labute approximate surface area is 118 Å². The number of carbonyl (C=O) groups is 1. The molecule has 1 saturated heterocycles. The molecule has 1 heterocycles. The molecule has 0 radical (unpaired) electrons. The molecular formula is C15H30N2O2. The Morgan fingerprint density at radius 3 is 2.21 bits per heavy atom. The largest absolute Gasteiger partial charge is 0.444 e. The first-order chi connectivity index (χ1) is 8.78. The van der Waals surface area contributed by atoms with Crippen LogP contribution in [0.1, 0.15) is 47.5 Å². The van der Waals surface area contributed by atoms with E-state index in [9.17, 15) is 4.79 Å². The Morgan fingerprint density at radius 1 is 1.16 bits per heavy atom. The van der Waals surface area contributed by atoms with Crippen molar-refractivity contribution in [2.75, 3.05) is 32.7 Å². The van der Waals surface area contributed by atoms with E-state index in [-0.39, 0.29) is 6.09 Å². The van der Waals surface area contributed by atoms with Crippen molar-refractivity contribution in [1.29, 1.82) is 0 Å². The fourth-order valence-electron chi connectivity index (χ4n) is 2.20. The standard InChI is InChI=1S/C15H30N2O2/c1-13(2)7-6-8-16-9-11-17(12-10-16)14(18)19-15(3,4)5/h13H,6-12H2,1-5H3. The first-order valence-corrected chi connectivity index (χ1v) is 7.48. The molecule has 112 valence electrons. The molecular weight excluding hydrogens is 240 g/mol. The van der Waals surface area contributed by atoms with E-state index in [0.717, 1.165) is 38.6 Å². The lowest BCUT2D eigenvalue weighted by molar-refractivity contribution is 0.0144. The molecule has 0 bridgehead atoms. The minimum absolute atomic E-state index is 0.172. The minimum Gasteiger partial charge on any atom is -0.444 e. The molecule has 19 heavy (non-hydrogen) atoms. The second-order valence-electron chi connectivity index (χ2n) is 6.85. The summed E-state index contributed by atoms with van der Waals surface area (Å²) in [6.45, 7) is 14.9. The molecule has 0 aliphatic carbocycles. The number of rotatable bonds is 4. The quantitative estimate of drug-likeness (QED) is 0.787. The predicted octanol–water partition coefficient (Wildman–Crippen LogP) is 2.98. The van der Waals surface area contributed by atoms with Crippen molar-refractivity contribution in [3.05, 3.63) is 0 Å². The van der Waals surface area contributed by atoms with Crippen LogP contribution in [-0.4, -0.2) is 54.2 Å². The molecule has 1 rings (SSSR count). The SMILES string of the molecule is CC(C)CCCN1CCN(C(=O)OC(C)(C)C)CC1. The minimum atomic E-state index is -0.397. The van der Waals surface area contributed by atoms with Crippen molar-refractivity contribution >= 4 is 6.09 Å². The lowest BCUT2D eigenvalue weighted by Gasteiger charge is -2.35.